The van der Waals surface area contributed by atoms with Crippen molar-refractivity contribution in [2.75, 3.05) is 6.61 Å². The van der Waals surface area contributed by atoms with E-state index in [0.717, 1.165) is 11.3 Å². The summed E-state index contributed by atoms with van der Waals surface area (Å²) in [5, 5.41) is 9.09. The Labute approximate surface area is 173 Å². The molecule has 29 heavy (non-hydrogen) atoms. The Hall–Kier alpha value is -2.93. The second-order valence-corrected chi connectivity index (χ2v) is 7.23. The van der Waals surface area contributed by atoms with Gasteiger partial charge in [0.2, 0.25) is 0 Å². The van der Waals surface area contributed by atoms with Crippen LogP contribution in [0.1, 0.15) is 29.8 Å². The van der Waals surface area contributed by atoms with Crippen LogP contribution in [0, 0.1) is 5.82 Å². The van der Waals surface area contributed by atoms with Crippen molar-refractivity contribution in [1.82, 2.24) is 14.8 Å². The monoisotopic (exact) mass is 411 g/mol. The molecule has 0 aliphatic heterocycles. The van der Waals surface area contributed by atoms with E-state index in [2.05, 4.69) is 16.8 Å². The number of ketones is 1. The van der Waals surface area contributed by atoms with E-state index in [1.165, 1.54) is 24.8 Å². The lowest BCUT2D eigenvalue weighted by Crippen LogP contribution is -2.03. The molecule has 0 unspecified atom stereocenters. The van der Waals surface area contributed by atoms with Crippen molar-refractivity contribution < 1.29 is 13.9 Å². The van der Waals surface area contributed by atoms with Crippen LogP contribution in [0.15, 0.2) is 60.3 Å². The van der Waals surface area contributed by atoms with E-state index in [4.69, 9.17) is 4.74 Å². The molecule has 0 spiro atoms. The minimum Gasteiger partial charge on any atom is -0.494 e. The van der Waals surface area contributed by atoms with Gasteiger partial charge in [-0.05, 0) is 44.2 Å². The molecule has 0 N–H and O–H groups in total. The van der Waals surface area contributed by atoms with Crippen molar-refractivity contribution >= 4 is 17.5 Å². The number of allylic oxidation sites excluding steroid dienone is 1. The van der Waals surface area contributed by atoms with Gasteiger partial charge in [-0.25, -0.2) is 4.39 Å². The quantitative estimate of drug-likeness (QED) is 0.276. The standard InChI is InChI=1S/C22H22FN3O2S/c1-4-12-26-21(18-8-6-7-9-19(18)23)24-25-22(26)29-14-17-13-16(15(3)27)10-11-20(17)28-5-2/h4,6-11,13H,1,5,12,14H2,2-3H3. The summed E-state index contributed by atoms with van der Waals surface area (Å²) in [6.07, 6.45) is 1.72. The van der Waals surface area contributed by atoms with E-state index in [1.54, 1.807) is 30.3 Å². The number of hydrogen-bond acceptors (Lipinski definition) is 5. The predicted octanol–water partition coefficient (Wildman–Crippen LogP) is 5.16. The molecule has 2 aromatic carbocycles. The number of rotatable bonds is 9. The zero-order valence-electron chi connectivity index (χ0n) is 16.4. The van der Waals surface area contributed by atoms with Crippen LogP contribution in [0.25, 0.3) is 11.4 Å². The SMILES string of the molecule is C=CCn1c(SCc2cc(C(C)=O)ccc2OCC)nnc1-c1ccccc1F. The molecule has 5 nitrogen and oxygen atoms in total. The highest BCUT2D eigenvalue weighted by atomic mass is 32.2. The lowest BCUT2D eigenvalue weighted by molar-refractivity contribution is 0.101. The van der Waals surface area contributed by atoms with Crippen LogP contribution in [-0.4, -0.2) is 27.2 Å². The van der Waals surface area contributed by atoms with Crippen LogP contribution in [0.3, 0.4) is 0 Å². The molecule has 3 aromatic rings. The fourth-order valence-electron chi connectivity index (χ4n) is 2.88. The number of benzene rings is 2. The van der Waals surface area contributed by atoms with Crippen LogP contribution >= 0.6 is 11.8 Å². The van der Waals surface area contributed by atoms with Gasteiger partial charge in [0.1, 0.15) is 11.6 Å². The van der Waals surface area contributed by atoms with Gasteiger partial charge in [0.15, 0.2) is 16.8 Å². The van der Waals surface area contributed by atoms with Crippen LogP contribution in [0.2, 0.25) is 0 Å². The van der Waals surface area contributed by atoms with E-state index < -0.39 is 0 Å². The van der Waals surface area contributed by atoms with E-state index in [0.29, 0.717) is 41.0 Å². The third-order valence-corrected chi connectivity index (χ3v) is 5.28. The average molecular weight is 412 g/mol. The summed E-state index contributed by atoms with van der Waals surface area (Å²) in [4.78, 5) is 11.8. The van der Waals surface area contributed by atoms with Gasteiger partial charge in [-0.15, -0.1) is 16.8 Å². The van der Waals surface area contributed by atoms with E-state index >= 15 is 0 Å². The fourth-order valence-corrected chi connectivity index (χ4v) is 3.81. The van der Waals surface area contributed by atoms with Crippen LogP contribution in [-0.2, 0) is 12.3 Å². The molecule has 1 heterocycles. The van der Waals surface area contributed by atoms with Crippen molar-refractivity contribution in [2.45, 2.75) is 31.3 Å². The topological polar surface area (TPSA) is 57.0 Å². The number of carbonyl (C=O) groups is 1. The van der Waals surface area contributed by atoms with Crippen molar-refractivity contribution in [3.05, 3.63) is 72.1 Å². The second kappa shape index (κ2) is 9.52. The summed E-state index contributed by atoms with van der Waals surface area (Å²) in [6.45, 7) is 8.21. The van der Waals surface area contributed by atoms with Gasteiger partial charge < -0.3 is 4.74 Å². The van der Waals surface area contributed by atoms with Gasteiger partial charge in [0, 0.05) is 23.4 Å². The third-order valence-electron chi connectivity index (χ3n) is 4.27. The Balaban J connectivity index is 1.91. The highest BCUT2D eigenvalue weighted by Crippen LogP contribution is 2.31. The summed E-state index contributed by atoms with van der Waals surface area (Å²) in [5.74, 6) is 1.36. The van der Waals surface area contributed by atoms with Crippen LogP contribution < -0.4 is 4.74 Å². The largest absolute Gasteiger partial charge is 0.494 e. The first kappa shape index (κ1) is 20.8. The molecule has 0 fully saturated rings. The number of carbonyl (C=O) groups excluding carboxylic acids is 1. The lowest BCUT2D eigenvalue weighted by Gasteiger charge is -2.12. The Kier molecular flexibility index (Phi) is 6.82. The molecule has 0 amide bonds. The fraction of sp³-hybridized carbons (Fsp3) is 0.227. The van der Waals surface area contributed by atoms with Crippen molar-refractivity contribution in [3.8, 4) is 17.1 Å². The van der Waals surface area contributed by atoms with Gasteiger partial charge in [0.25, 0.3) is 0 Å². The summed E-state index contributed by atoms with van der Waals surface area (Å²) in [6, 6.07) is 11.9. The molecule has 0 aliphatic rings. The molecule has 1 aromatic heterocycles. The first-order chi connectivity index (χ1) is 14.0. The van der Waals surface area contributed by atoms with Gasteiger partial charge >= 0.3 is 0 Å². The molecule has 0 atom stereocenters. The number of hydrogen-bond donors (Lipinski definition) is 0. The smallest absolute Gasteiger partial charge is 0.192 e. The predicted molar refractivity (Wildman–Crippen MR) is 113 cm³/mol. The molecule has 0 radical (unpaired) electrons. The molecule has 0 aliphatic carbocycles. The number of Topliss-reactive ketones (excluding diaryl/α,β-unsaturated/α-hetero) is 1. The number of halogens is 1. The molecule has 3 rings (SSSR count). The molecule has 0 saturated carbocycles. The van der Waals surface area contributed by atoms with Crippen molar-refractivity contribution in [2.24, 2.45) is 0 Å². The highest BCUT2D eigenvalue weighted by molar-refractivity contribution is 7.98. The molecular weight excluding hydrogens is 389 g/mol. The Morgan fingerprint density at radius 2 is 2.07 bits per heavy atom. The van der Waals surface area contributed by atoms with Gasteiger partial charge in [0.05, 0.1) is 12.2 Å². The number of ether oxygens (including phenoxy) is 1. The Bertz CT molecular complexity index is 1030. The van der Waals surface area contributed by atoms with E-state index in [-0.39, 0.29) is 11.6 Å². The molecule has 0 bridgehead atoms. The molecule has 0 saturated heterocycles. The Morgan fingerprint density at radius 1 is 1.28 bits per heavy atom. The van der Waals surface area contributed by atoms with Gasteiger partial charge in [-0.2, -0.15) is 0 Å². The highest BCUT2D eigenvalue weighted by Gasteiger charge is 2.17. The minimum atomic E-state index is -0.352. The minimum absolute atomic E-state index is 0.00374. The normalized spacial score (nSPS) is 10.7. The van der Waals surface area contributed by atoms with Gasteiger partial charge in [-0.3, -0.25) is 9.36 Å². The summed E-state index contributed by atoms with van der Waals surface area (Å²) < 4.78 is 21.8. The van der Waals surface area contributed by atoms with Crippen LogP contribution in [0.5, 0.6) is 5.75 Å². The third kappa shape index (κ3) is 4.74. The van der Waals surface area contributed by atoms with E-state index in [9.17, 15) is 9.18 Å². The lowest BCUT2D eigenvalue weighted by atomic mass is 10.1. The zero-order valence-corrected chi connectivity index (χ0v) is 17.2. The molecule has 7 heteroatoms. The van der Waals surface area contributed by atoms with Crippen LogP contribution in [0.4, 0.5) is 4.39 Å². The molecule has 150 valence electrons. The number of aromatic nitrogens is 3. The first-order valence-corrected chi connectivity index (χ1v) is 10.2. The van der Waals surface area contributed by atoms with Crippen molar-refractivity contribution in [1.29, 1.82) is 0 Å². The maximum Gasteiger partial charge on any atom is 0.192 e. The van der Waals surface area contributed by atoms with E-state index in [1.807, 2.05) is 23.6 Å². The summed E-state index contributed by atoms with van der Waals surface area (Å²) in [5.41, 5.74) is 1.91. The molecular formula is C22H22FN3O2S. The van der Waals surface area contributed by atoms with Gasteiger partial charge in [-0.1, -0.05) is 30.0 Å². The van der Waals surface area contributed by atoms with Crippen molar-refractivity contribution in [3.63, 3.8) is 0 Å². The summed E-state index contributed by atoms with van der Waals surface area (Å²) >= 11 is 1.45. The average Bonchev–Trinajstić information content (AvgIpc) is 3.10. The summed E-state index contributed by atoms with van der Waals surface area (Å²) in [7, 11) is 0. The number of thioether (sulfide) groups is 1. The Morgan fingerprint density at radius 3 is 2.76 bits per heavy atom. The first-order valence-electron chi connectivity index (χ1n) is 9.23. The zero-order chi connectivity index (χ0) is 20.8. The maximum atomic E-state index is 14.3. The second-order valence-electron chi connectivity index (χ2n) is 6.29. The maximum absolute atomic E-state index is 14.3. The number of nitrogens with zero attached hydrogens (tertiary/aromatic N) is 3.